The fraction of sp³-hybridized carbons (Fsp3) is 0.471. The van der Waals surface area contributed by atoms with E-state index in [2.05, 4.69) is 16.0 Å². The predicted octanol–water partition coefficient (Wildman–Crippen LogP) is 0.209. The van der Waals surface area contributed by atoms with Gasteiger partial charge in [-0.3, -0.25) is 19.2 Å². The van der Waals surface area contributed by atoms with E-state index in [4.69, 9.17) is 11.5 Å². The lowest BCUT2D eigenvalue weighted by atomic mass is 9.80. The van der Waals surface area contributed by atoms with E-state index in [0.717, 1.165) is 11.1 Å². The van der Waals surface area contributed by atoms with Gasteiger partial charge in [0.15, 0.2) is 0 Å². The van der Waals surface area contributed by atoms with E-state index < -0.39 is 49.0 Å². The Morgan fingerprint density at radius 2 is 1.36 bits per heavy atom. The molecule has 2 aromatic rings. The molecule has 3 rings (SSSR count). The molecule has 13 heteroatoms. The van der Waals surface area contributed by atoms with Gasteiger partial charge in [-0.1, -0.05) is 80.6 Å². The van der Waals surface area contributed by atoms with Crippen LogP contribution >= 0.6 is 0 Å². The molecule has 0 bridgehead atoms. The van der Waals surface area contributed by atoms with Crippen LogP contribution in [0.3, 0.4) is 0 Å². The number of carbonyl (C=O) groups excluding carboxylic acids is 4. The van der Waals surface area contributed by atoms with Gasteiger partial charge in [-0.15, -0.1) is 0 Å². The minimum atomic E-state index is -1.67. The molecule has 0 saturated heterocycles. The van der Waals surface area contributed by atoms with Crippen molar-refractivity contribution >= 4 is 30.7 Å². The lowest BCUT2D eigenvalue weighted by Crippen LogP contribution is -2.58. The molecule has 0 saturated carbocycles. The van der Waals surface area contributed by atoms with Crippen LogP contribution in [0.2, 0.25) is 0 Å². The third-order valence-corrected chi connectivity index (χ3v) is 8.04. The summed E-state index contributed by atoms with van der Waals surface area (Å²) < 4.78 is 0. The van der Waals surface area contributed by atoms with Crippen LogP contribution in [0.15, 0.2) is 72.2 Å². The lowest BCUT2D eigenvalue weighted by molar-refractivity contribution is -0.137. The first kappa shape index (κ1) is 37.4. The molecule has 4 atom stereocenters. The van der Waals surface area contributed by atoms with Crippen LogP contribution in [0.1, 0.15) is 50.7 Å². The third kappa shape index (κ3) is 12.3. The zero-order valence-corrected chi connectivity index (χ0v) is 27.3. The van der Waals surface area contributed by atoms with E-state index in [9.17, 15) is 29.2 Å². The summed E-state index contributed by atoms with van der Waals surface area (Å²) >= 11 is 0. The SMILES string of the molecule is CC(C)C[C@@H](NC(=O)[C@@H](Cc1ccccc1)NC(=O)[C@H](N)Cc1ccccc1)C(=O)N[C@H](CCCCN)C(=O)N1CC=C(B(O)O)C1. The molecule has 12 nitrogen and oxygen atoms in total. The standard InChI is InChI=1S/C34H49BN6O6/c1-23(2)19-29(32(43)38-28(15-9-10-17-36)34(45)41-18-16-26(22-41)35(46)47)40-33(44)30(21-25-13-7-4-8-14-25)39-31(42)27(37)20-24-11-5-3-6-12-24/h3-8,11-14,16,23,27-30,46-47H,9-10,15,17-22,36-37H2,1-2H3,(H,38,43)(H,39,42)(H,40,44)/t27-,28-,29-,30-/m1/s1. The molecule has 2 aromatic carbocycles. The summed E-state index contributed by atoms with van der Waals surface area (Å²) in [5.41, 5.74) is 13.9. The van der Waals surface area contributed by atoms with Crippen LogP contribution < -0.4 is 27.4 Å². The largest absolute Gasteiger partial charge is 0.485 e. The molecular weight excluding hydrogens is 599 g/mol. The second-order valence-electron chi connectivity index (χ2n) is 12.5. The van der Waals surface area contributed by atoms with Gasteiger partial charge in [0.2, 0.25) is 23.6 Å². The zero-order valence-electron chi connectivity index (χ0n) is 27.3. The fourth-order valence-electron chi connectivity index (χ4n) is 5.45. The second kappa shape index (κ2) is 18.9. The van der Waals surface area contributed by atoms with Crippen molar-refractivity contribution in [3.8, 4) is 0 Å². The van der Waals surface area contributed by atoms with Gasteiger partial charge in [0, 0.05) is 19.5 Å². The Hall–Kier alpha value is -4.04. The second-order valence-corrected chi connectivity index (χ2v) is 12.5. The Balaban J connectivity index is 1.76. The summed E-state index contributed by atoms with van der Waals surface area (Å²) in [4.78, 5) is 55.7. The Kier molecular flexibility index (Phi) is 15.1. The van der Waals surface area contributed by atoms with Gasteiger partial charge in [-0.05, 0) is 61.2 Å². The normalized spacial score (nSPS) is 15.3. The van der Waals surface area contributed by atoms with E-state index in [1.54, 1.807) is 6.08 Å². The van der Waals surface area contributed by atoms with Crippen LogP contribution in [0.5, 0.6) is 0 Å². The Morgan fingerprint density at radius 3 is 1.91 bits per heavy atom. The summed E-state index contributed by atoms with van der Waals surface area (Å²) in [5, 5.41) is 27.5. The van der Waals surface area contributed by atoms with Crippen LogP contribution in [-0.2, 0) is 32.0 Å². The van der Waals surface area contributed by atoms with E-state index in [1.807, 2.05) is 74.5 Å². The number of amides is 4. The number of benzene rings is 2. The highest BCUT2D eigenvalue weighted by Gasteiger charge is 2.34. The predicted molar refractivity (Wildman–Crippen MR) is 181 cm³/mol. The Labute approximate surface area is 277 Å². The summed E-state index contributed by atoms with van der Waals surface area (Å²) in [6.45, 7) is 4.49. The van der Waals surface area contributed by atoms with Crippen LogP contribution in [0.4, 0.5) is 0 Å². The molecule has 47 heavy (non-hydrogen) atoms. The molecule has 254 valence electrons. The first-order valence-electron chi connectivity index (χ1n) is 16.3. The highest BCUT2D eigenvalue weighted by molar-refractivity contribution is 6.51. The molecule has 4 amide bonds. The minimum absolute atomic E-state index is 0.00952. The van der Waals surface area contributed by atoms with Crippen LogP contribution in [0.25, 0.3) is 0 Å². The molecule has 0 spiro atoms. The van der Waals surface area contributed by atoms with Crippen molar-refractivity contribution in [3.63, 3.8) is 0 Å². The number of carbonyl (C=O) groups is 4. The van der Waals surface area contributed by atoms with Gasteiger partial charge in [0.25, 0.3) is 0 Å². The summed E-state index contributed by atoms with van der Waals surface area (Å²) in [6.07, 6.45) is 3.88. The fourth-order valence-corrected chi connectivity index (χ4v) is 5.45. The van der Waals surface area contributed by atoms with Gasteiger partial charge in [-0.25, -0.2) is 0 Å². The maximum Gasteiger partial charge on any atom is 0.485 e. The summed E-state index contributed by atoms with van der Waals surface area (Å²) in [5.74, 6) is -1.93. The zero-order chi connectivity index (χ0) is 34.3. The van der Waals surface area contributed by atoms with E-state index in [1.165, 1.54) is 4.90 Å². The van der Waals surface area contributed by atoms with Gasteiger partial charge in [-0.2, -0.15) is 0 Å². The quantitative estimate of drug-likeness (QED) is 0.0879. The van der Waals surface area contributed by atoms with E-state index in [-0.39, 0.29) is 44.2 Å². The molecule has 1 aliphatic rings. The maximum absolute atomic E-state index is 13.8. The van der Waals surface area contributed by atoms with Crippen molar-refractivity contribution in [1.29, 1.82) is 0 Å². The number of nitrogens with two attached hydrogens (primary N) is 2. The van der Waals surface area contributed by atoms with Crippen molar-refractivity contribution in [2.24, 2.45) is 17.4 Å². The molecule has 0 fully saturated rings. The molecule has 0 aliphatic carbocycles. The highest BCUT2D eigenvalue weighted by Crippen LogP contribution is 2.15. The molecule has 0 aromatic heterocycles. The molecular formula is C34H49BN6O6. The van der Waals surface area contributed by atoms with E-state index in [0.29, 0.717) is 31.3 Å². The summed E-state index contributed by atoms with van der Waals surface area (Å²) in [6, 6.07) is 14.8. The van der Waals surface area contributed by atoms with Gasteiger partial charge in [0.1, 0.15) is 18.1 Å². The average molecular weight is 649 g/mol. The molecule has 1 aliphatic heterocycles. The van der Waals surface area contributed by atoms with Gasteiger partial charge < -0.3 is 42.4 Å². The highest BCUT2D eigenvalue weighted by atomic mass is 16.4. The van der Waals surface area contributed by atoms with Crippen molar-refractivity contribution < 1.29 is 29.2 Å². The topological polar surface area (TPSA) is 200 Å². The Bertz CT molecular complexity index is 1340. The third-order valence-electron chi connectivity index (χ3n) is 8.04. The number of hydrogen-bond donors (Lipinski definition) is 7. The van der Waals surface area contributed by atoms with Crippen molar-refractivity contribution in [1.82, 2.24) is 20.9 Å². The van der Waals surface area contributed by atoms with E-state index >= 15 is 0 Å². The number of hydrogen-bond acceptors (Lipinski definition) is 8. The van der Waals surface area contributed by atoms with Crippen molar-refractivity contribution in [2.45, 2.75) is 76.5 Å². The molecule has 1 heterocycles. The lowest BCUT2D eigenvalue weighted by Gasteiger charge is -2.28. The first-order valence-corrected chi connectivity index (χ1v) is 16.3. The van der Waals surface area contributed by atoms with Gasteiger partial charge >= 0.3 is 7.12 Å². The number of rotatable bonds is 18. The first-order chi connectivity index (χ1) is 22.5. The molecule has 0 radical (unpaired) electrons. The minimum Gasteiger partial charge on any atom is -0.423 e. The Morgan fingerprint density at radius 1 is 0.809 bits per heavy atom. The molecule has 9 N–H and O–H groups in total. The number of nitrogens with zero attached hydrogens (tertiary/aromatic N) is 1. The van der Waals surface area contributed by atoms with Crippen LogP contribution in [0, 0.1) is 5.92 Å². The van der Waals surface area contributed by atoms with Gasteiger partial charge in [0.05, 0.1) is 6.04 Å². The van der Waals surface area contributed by atoms with Crippen molar-refractivity contribution in [2.75, 3.05) is 19.6 Å². The smallest absolute Gasteiger partial charge is 0.423 e. The molecule has 0 unspecified atom stereocenters. The monoisotopic (exact) mass is 648 g/mol. The van der Waals surface area contributed by atoms with Crippen LogP contribution in [-0.4, -0.2) is 89.5 Å². The number of unbranched alkanes of at least 4 members (excludes halogenated alkanes) is 1. The maximum atomic E-state index is 13.8. The number of nitrogens with one attached hydrogen (secondary N) is 3. The summed E-state index contributed by atoms with van der Waals surface area (Å²) in [7, 11) is -1.67. The average Bonchev–Trinajstić information content (AvgIpc) is 3.55. The van der Waals surface area contributed by atoms with Crippen molar-refractivity contribution in [3.05, 3.63) is 83.3 Å².